The number of aliphatic carboxylic acids is 1. The zero-order chi connectivity index (χ0) is 16.2. The van der Waals surface area contributed by atoms with Crippen molar-refractivity contribution in [3.8, 4) is 11.1 Å². The lowest BCUT2D eigenvalue weighted by Gasteiger charge is -2.10. The molecule has 0 atom stereocenters. The zero-order valence-corrected chi connectivity index (χ0v) is 13.0. The molecule has 3 nitrogen and oxygen atoms in total. The highest BCUT2D eigenvalue weighted by Gasteiger charge is 2.23. The second-order valence-electron chi connectivity index (χ2n) is 5.81. The Morgan fingerprint density at radius 1 is 1.04 bits per heavy atom. The highest BCUT2D eigenvalue weighted by atomic mass is 16.4. The fraction of sp³-hybridized carbons (Fsp3) is 0.250. The zero-order valence-electron chi connectivity index (χ0n) is 13.0. The molecule has 0 spiro atoms. The summed E-state index contributed by atoms with van der Waals surface area (Å²) < 4.78 is 0. The van der Waals surface area contributed by atoms with Gasteiger partial charge in [0.15, 0.2) is 0 Å². The highest BCUT2D eigenvalue weighted by molar-refractivity contribution is 6.16. The van der Waals surface area contributed by atoms with Crippen LogP contribution >= 0.6 is 0 Å². The molecule has 0 saturated heterocycles. The molecule has 0 aromatic heterocycles. The van der Waals surface area contributed by atoms with E-state index in [2.05, 4.69) is 18.2 Å². The fourth-order valence-electron chi connectivity index (χ4n) is 3.22. The van der Waals surface area contributed by atoms with E-state index >= 15 is 0 Å². The van der Waals surface area contributed by atoms with Crippen LogP contribution in [0.3, 0.4) is 0 Å². The van der Waals surface area contributed by atoms with Gasteiger partial charge in [-0.3, -0.25) is 0 Å². The van der Waals surface area contributed by atoms with Crippen LogP contribution in [0.1, 0.15) is 36.0 Å². The Bertz CT molecular complexity index is 759. The third-order valence-electron chi connectivity index (χ3n) is 4.33. The minimum absolute atomic E-state index is 0.145. The number of hydrogen-bond acceptors (Lipinski definition) is 2. The molecule has 0 saturated carbocycles. The molecule has 0 heterocycles. The predicted molar refractivity (Wildman–Crippen MR) is 91.2 cm³/mol. The molecular weight excluding hydrogens is 288 g/mol. The van der Waals surface area contributed by atoms with Crippen molar-refractivity contribution in [2.75, 3.05) is 6.61 Å². The first-order valence-corrected chi connectivity index (χ1v) is 7.97. The smallest absolute Gasteiger partial charge is 0.335 e. The lowest BCUT2D eigenvalue weighted by atomic mass is 9.94. The van der Waals surface area contributed by atoms with Crippen LogP contribution in [0, 0.1) is 0 Å². The molecule has 0 unspecified atom stereocenters. The number of fused-ring (bicyclic) bond motifs is 3. The van der Waals surface area contributed by atoms with Crippen molar-refractivity contribution in [2.24, 2.45) is 0 Å². The fourth-order valence-corrected chi connectivity index (χ4v) is 3.22. The number of unbranched alkanes of at least 4 members (excludes halogenated alkanes) is 2. The van der Waals surface area contributed by atoms with Crippen molar-refractivity contribution in [1.29, 1.82) is 0 Å². The molecule has 3 rings (SSSR count). The van der Waals surface area contributed by atoms with Gasteiger partial charge in [-0.15, -0.1) is 0 Å². The Morgan fingerprint density at radius 3 is 2.61 bits per heavy atom. The second-order valence-corrected chi connectivity index (χ2v) is 5.81. The maximum Gasteiger partial charge on any atom is 0.335 e. The molecule has 1 aliphatic rings. The van der Waals surface area contributed by atoms with Crippen LogP contribution in [0.15, 0.2) is 48.5 Å². The first-order valence-electron chi connectivity index (χ1n) is 7.97. The lowest BCUT2D eigenvalue weighted by molar-refractivity contribution is -0.130. The molecule has 0 aliphatic heterocycles. The summed E-state index contributed by atoms with van der Waals surface area (Å²) in [4.78, 5) is 11.7. The van der Waals surface area contributed by atoms with Gasteiger partial charge in [-0.1, -0.05) is 48.5 Å². The monoisotopic (exact) mass is 308 g/mol. The summed E-state index contributed by atoms with van der Waals surface area (Å²) in [6.07, 6.45) is 4.72. The van der Waals surface area contributed by atoms with Gasteiger partial charge in [0.2, 0.25) is 0 Å². The number of carboxylic acid groups (broad SMARTS) is 1. The van der Waals surface area contributed by atoms with Crippen LogP contribution in [-0.4, -0.2) is 22.8 Å². The van der Waals surface area contributed by atoms with Crippen molar-refractivity contribution in [3.05, 3.63) is 65.2 Å². The number of allylic oxidation sites excluding steroid dienone is 1. The van der Waals surface area contributed by atoms with E-state index in [0.29, 0.717) is 18.4 Å². The second kappa shape index (κ2) is 6.80. The van der Waals surface area contributed by atoms with Crippen LogP contribution in [0.4, 0.5) is 0 Å². The minimum atomic E-state index is -0.890. The number of hydrogen-bond donors (Lipinski definition) is 2. The normalized spacial score (nSPS) is 12.8. The van der Waals surface area contributed by atoms with Gasteiger partial charge in [0.1, 0.15) is 0 Å². The largest absolute Gasteiger partial charge is 0.478 e. The molecule has 1 aliphatic carbocycles. The Kier molecular flexibility index (Phi) is 4.58. The van der Waals surface area contributed by atoms with Crippen LogP contribution in [0.25, 0.3) is 16.7 Å². The maximum atomic E-state index is 11.7. The van der Waals surface area contributed by atoms with Crippen molar-refractivity contribution in [2.45, 2.75) is 25.7 Å². The third-order valence-corrected chi connectivity index (χ3v) is 4.33. The summed E-state index contributed by atoms with van der Waals surface area (Å²) in [5.74, 6) is -0.890. The molecule has 0 radical (unpaired) electrons. The Hall–Kier alpha value is -2.39. The van der Waals surface area contributed by atoms with Gasteiger partial charge in [-0.25, -0.2) is 4.79 Å². The number of rotatable bonds is 6. The SMILES string of the molecule is O=C(O)C(=CCCCCO)c1cccc2c1Cc1ccccc1-2. The van der Waals surface area contributed by atoms with Gasteiger partial charge in [-0.2, -0.15) is 0 Å². The quantitative estimate of drug-likeness (QED) is 0.536. The van der Waals surface area contributed by atoms with E-state index in [4.69, 9.17) is 5.11 Å². The molecule has 0 bridgehead atoms. The standard InChI is InChI=1S/C20H20O3/c21-12-5-1-2-9-18(20(22)23)17-11-6-10-16-15-8-4-3-7-14(15)13-19(16)17/h3-4,6-11,21H,1-2,5,12-13H2,(H,22,23). The number of benzene rings is 2. The first kappa shape index (κ1) is 15.5. The predicted octanol–water partition coefficient (Wildman–Crippen LogP) is 3.89. The summed E-state index contributed by atoms with van der Waals surface area (Å²) in [6.45, 7) is 0.145. The van der Waals surface area contributed by atoms with E-state index in [1.165, 1.54) is 11.1 Å². The molecular formula is C20H20O3. The summed E-state index contributed by atoms with van der Waals surface area (Å²) >= 11 is 0. The summed E-state index contributed by atoms with van der Waals surface area (Å²) in [5, 5.41) is 18.5. The molecule has 2 aromatic carbocycles. The van der Waals surface area contributed by atoms with Crippen LogP contribution in [0.2, 0.25) is 0 Å². The van der Waals surface area contributed by atoms with Crippen LogP contribution < -0.4 is 0 Å². The Balaban J connectivity index is 1.99. The van der Waals surface area contributed by atoms with Crippen molar-refractivity contribution in [1.82, 2.24) is 0 Å². The molecule has 3 heteroatoms. The van der Waals surface area contributed by atoms with E-state index in [0.717, 1.165) is 29.5 Å². The molecule has 0 amide bonds. The average molecular weight is 308 g/mol. The number of aliphatic hydroxyl groups excluding tert-OH is 1. The van der Waals surface area contributed by atoms with E-state index in [9.17, 15) is 9.90 Å². The first-order chi connectivity index (χ1) is 11.2. The van der Waals surface area contributed by atoms with Gasteiger partial charge in [0.25, 0.3) is 0 Å². The van der Waals surface area contributed by atoms with Crippen LogP contribution in [-0.2, 0) is 11.2 Å². The molecule has 0 fully saturated rings. The van der Waals surface area contributed by atoms with Crippen molar-refractivity contribution in [3.63, 3.8) is 0 Å². The number of aliphatic hydroxyl groups is 1. The van der Waals surface area contributed by atoms with Gasteiger partial charge >= 0.3 is 5.97 Å². The Morgan fingerprint density at radius 2 is 1.83 bits per heavy atom. The molecule has 118 valence electrons. The van der Waals surface area contributed by atoms with E-state index in [1.807, 2.05) is 24.3 Å². The van der Waals surface area contributed by atoms with Gasteiger partial charge in [-0.05, 0) is 53.5 Å². The summed E-state index contributed by atoms with van der Waals surface area (Å²) in [5.41, 5.74) is 5.88. The number of carboxylic acids is 1. The highest BCUT2D eigenvalue weighted by Crippen LogP contribution is 2.40. The van der Waals surface area contributed by atoms with Gasteiger partial charge < -0.3 is 10.2 Å². The molecule has 2 N–H and O–H groups in total. The maximum absolute atomic E-state index is 11.7. The summed E-state index contributed by atoms with van der Waals surface area (Å²) in [6, 6.07) is 14.1. The van der Waals surface area contributed by atoms with E-state index in [1.54, 1.807) is 6.08 Å². The van der Waals surface area contributed by atoms with Gasteiger partial charge in [0, 0.05) is 6.61 Å². The van der Waals surface area contributed by atoms with E-state index in [-0.39, 0.29) is 6.61 Å². The van der Waals surface area contributed by atoms with Crippen LogP contribution in [0.5, 0.6) is 0 Å². The molecule has 23 heavy (non-hydrogen) atoms. The number of carbonyl (C=O) groups is 1. The van der Waals surface area contributed by atoms with Gasteiger partial charge in [0.05, 0.1) is 5.57 Å². The minimum Gasteiger partial charge on any atom is -0.478 e. The average Bonchev–Trinajstić information content (AvgIpc) is 2.94. The van der Waals surface area contributed by atoms with E-state index < -0.39 is 5.97 Å². The van der Waals surface area contributed by atoms with Crippen molar-refractivity contribution < 1.29 is 15.0 Å². The topological polar surface area (TPSA) is 57.5 Å². The lowest BCUT2D eigenvalue weighted by Crippen LogP contribution is -2.03. The molecule has 2 aromatic rings. The third kappa shape index (κ3) is 3.06. The Labute approximate surface area is 135 Å². The summed E-state index contributed by atoms with van der Waals surface area (Å²) in [7, 11) is 0. The van der Waals surface area contributed by atoms with Crippen molar-refractivity contribution >= 4 is 11.5 Å².